The zero-order valence-corrected chi connectivity index (χ0v) is 13.1. The molecular formula is C16H20ClFN2. The third-order valence-electron chi connectivity index (χ3n) is 3.21. The third-order valence-corrected chi connectivity index (χ3v) is 3.50. The number of hydrogen-bond donors (Lipinski definition) is 1. The monoisotopic (exact) mass is 294 g/mol. The molecule has 0 aliphatic rings. The van der Waals surface area contributed by atoms with Crippen LogP contribution in [0.2, 0.25) is 5.02 Å². The van der Waals surface area contributed by atoms with Gasteiger partial charge in [-0.15, -0.1) is 0 Å². The van der Waals surface area contributed by atoms with Crippen LogP contribution in [-0.4, -0.2) is 11.5 Å². The first-order valence-corrected chi connectivity index (χ1v) is 7.25. The molecule has 2 nitrogen and oxygen atoms in total. The Bertz CT molecular complexity index is 632. The maximum atomic E-state index is 14.2. The van der Waals surface area contributed by atoms with Gasteiger partial charge in [-0.05, 0) is 24.6 Å². The number of rotatable bonds is 3. The van der Waals surface area contributed by atoms with E-state index in [4.69, 9.17) is 11.6 Å². The maximum absolute atomic E-state index is 14.2. The first-order chi connectivity index (χ1) is 9.34. The van der Waals surface area contributed by atoms with Crippen LogP contribution >= 0.6 is 11.6 Å². The van der Waals surface area contributed by atoms with Gasteiger partial charge in [-0.2, -0.15) is 0 Å². The molecule has 20 heavy (non-hydrogen) atoms. The van der Waals surface area contributed by atoms with E-state index in [0.29, 0.717) is 5.52 Å². The lowest BCUT2D eigenvalue weighted by atomic mass is 9.90. The van der Waals surface area contributed by atoms with E-state index in [0.717, 1.165) is 29.7 Å². The van der Waals surface area contributed by atoms with Gasteiger partial charge >= 0.3 is 0 Å². The third kappa shape index (κ3) is 2.88. The van der Waals surface area contributed by atoms with E-state index >= 15 is 0 Å². The fourth-order valence-electron chi connectivity index (χ4n) is 2.02. The molecule has 1 aromatic carbocycles. The molecule has 0 aliphatic heterocycles. The minimum absolute atomic E-state index is 0.109. The summed E-state index contributed by atoms with van der Waals surface area (Å²) in [4.78, 5) is 4.48. The summed E-state index contributed by atoms with van der Waals surface area (Å²) < 4.78 is 14.2. The lowest BCUT2D eigenvalue weighted by molar-refractivity contribution is 0.569. The number of halogens is 2. The summed E-state index contributed by atoms with van der Waals surface area (Å²) >= 11 is 5.88. The second-order valence-corrected chi connectivity index (χ2v) is 6.40. The normalized spacial score (nSPS) is 11.9. The fourth-order valence-corrected chi connectivity index (χ4v) is 2.18. The van der Waals surface area contributed by atoms with Crippen LogP contribution in [0.3, 0.4) is 0 Å². The number of pyridine rings is 1. The van der Waals surface area contributed by atoms with Crippen LogP contribution in [0, 0.1) is 5.82 Å². The molecule has 4 heteroatoms. The summed E-state index contributed by atoms with van der Waals surface area (Å²) in [5.74, 6) is -0.449. The van der Waals surface area contributed by atoms with E-state index in [2.05, 4.69) is 38.0 Å². The van der Waals surface area contributed by atoms with Crippen molar-refractivity contribution in [3.63, 3.8) is 0 Å². The van der Waals surface area contributed by atoms with Crippen molar-refractivity contribution in [1.29, 1.82) is 0 Å². The van der Waals surface area contributed by atoms with Crippen molar-refractivity contribution < 1.29 is 4.39 Å². The first kappa shape index (κ1) is 15.0. The number of anilines is 1. The SMILES string of the molecule is CCCNc1cc(C(C)(C)C)nc2c(F)c(Cl)ccc12. The molecule has 0 amide bonds. The Hall–Kier alpha value is -1.35. The molecule has 1 heterocycles. The van der Waals surface area contributed by atoms with Crippen molar-refractivity contribution >= 4 is 28.2 Å². The quantitative estimate of drug-likeness (QED) is 0.847. The second kappa shape index (κ2) is 5.57. The Morgan fingerprint density at radius 3 is 2.60 bits per heavy atom. The van der Waals surface area contributed by atoms with Crippen molar-refractivity contribution in [2.24, 2.45) is 0 Å². The highest BCUT2D eigenvalue weighted by atomic mass is 35.5. The lowest BCUT2D eigenvalue weighted by Gasteiger charge is -2.20. The van der Waals surface area contributed by atoms with Crippen molar-refractivity contribution in [3.05, 3.63) is 34.7 Å². The Labute approximate surface area is 124 Å². The van der Waals surface area contributed by atoms with Gasteiger partial charge in [0.25, 0.3) is 0 Å². The second-order valence-electron chi connectivity index (χ2n) is 5.99. The first-order valence-electron chi connectivity index (χ1n) is 6.87. The van der Waals surface area contributed by atoms with Gasteiger partial charge < -0.3 is 5.32 Å². The van der Waals surface area contributed by atoms with Gasteiger partial charge in [0.05, 0.1) is 5.02 Å². The molecule has 0 radical (unpaired) electrons. The van der Waals surface area contributed by atoms with Crippen LogP contribution in [0.5, 0.6) is 0 Å². The molecule has 1 aromatic heterocycles. The molecule has 0 saturated heterocycles. The highest BCUT2D eigenvalue weighted by Gasteiger charge is 2.20. The smallest absolute Gasteiger partial charge is 0.168 e. The number of fused-ring (bicyclic) bond motifs is 1. The number of aromatic nitrogens is 1. The number of hydrogen-bond acceptors (Lipinski definition) is 2. The molecule has 0 fully saturated rings. The van der Waals surface area contributed by atoms with E-state index in [9.17, 15) is 4.39 Å². The van der Waals surface area contributed by atoms with Gasteiger partial charge in [-0.3, -0.25) is 0 Å². The van der Waals surface area contributed by atoms with Gasteiger partial charge in [0.15, 0.2) is 5.82 Å². The molecule has 108 valence electrons. The molecule has 2 rings (SSSR count). The molecule has 0 saturated carbocycles. The molecular weight excluding hydrogens is 275 g/mol. The Kier molecular flexibility index (Phi) is 4.19. The van der Waals surface area contributed by atoms with Crippen LogP contribution in [0.15, 0.2) is 18.2 Å². The highest BCUT2D eigenvalue weighted by molar-refractivity contribution is 6.31. The average Bonchev–Trinajstić information content (AvgIpc) is 2.39. The summed E-state index contributed by atoms with van der Waals surface area (Å²) in [5.41, 5.74) is 1.96. The standard InChI is InChI=1S/C16H20ClFN2/c1-5-8-19-12-9-13(16(2,3)4)20-15-10(12)6-7-11(17)14(15)18/h6-7,9H,5,8H2,1-4H3,(H,19,20). The van der Waals surface area contributed by atoms with Gasteiger partial charge in [0.2, 0.25) is 0 Å². The zero-order chi connectivity index (χ0) is 14.9. The van der Waals surface area contributed by atoms with Gasteiger partial charge in [-0.1, -0.05) is 39.3 Å². The molecule has 1 N–H and O–H groups in total. The average molecular weight is 295 g/mol. The van der Waals surface area contributed by atoms with Crippen LogP contribution in [-0.2, 0) is 5.41 Å². The van der Waals surface area contributed by atoms with Crippen LogP contribution in [0.1, 0.15) is 39.8 Å². The Morgan fingerprint density at radius 2 is 2.00 bits per heavy atom. The van der Waals surface area contributed by atoms with Crippen LogP contribution in [0.25, 0.3) is 10.9 Å². The molecule has 2 aromatic rings. The van der Waals surface area contributed by atoms with E-state index in [1.807, 2.05) is 12.1 Å². The molecule has 0 unspecified atom stereocenters. The molecule has 0 aliphatic carbocycles. The van der Waals surface area contributed by atoms with Gasteiger partial charge in [-0.25, -0.2) is 9.37 Å². The number of benzene rings is 1. The fraction of sp³-hybridized carbons (Fsp3) is 0.438. The molecule has 0 bridgehead atoms. The van der Waals surface area contributed by atoms with E-state index in [1.54, 1.807) is 6.07 Å². The van der Waals surface area contributed by atoms with Crippen molar-refractivity contribution in [1.82, 2.24) is 4.98 Å². The Morgan fingerprint density at radius 1 is 1.30 bits per heavy atom. The molecule has 0 atom stereocenters. The predicted molar refractivity (Wildman–Crippen MR) is 84.2 cm³/mol. The number of nitrogens with zero attached hydrogens (tertiary/aromatic N) is 1. The van der Waals surface area contributed by atoms with Crippen molar-refractivity contribution in [3.8, 4) is 0 Å². The molecule has 0 spiro atoms. The number of nitrogens with one attached hydrogen (secondary N) is 1. The minimum atomic E-state index is -0.449. The van der Waals surface area contributed by atoms with E-state index < -0.39 is 5.82 Å². The van der Waals surface area contributed by atoms with Crippen LogP contribution < -0.4 is 5.32 Å². The van der Waals surface area contributed by atoms with Gasteiger partial charge in [0, 0.05) is 28.7 Å². The summed E-state index contributed by atoms with van der Waals surface area (Å²) in [7, 11) is 0. The lowest BCUT2D eigenvalue weighted by Crippen LogP contribution is -2.15. The van der Waals surface area contributed by atoms with Gasteiger partial charge in [0.1, 0.15) is 5.52 Å². The largest absolute Gasteiger partial charge is 0.384 e. The topological polar surface area (TPSA) is 24.9 Å². The highest BCUT2D eigenvalue weighted by Crippen LogP contribution is 2.32. The van der Waals surface area contributed by atoms with E-state index in [1.165, 1.54) is 0 Å². The summed E-state index contributed by atoms with van der Waals surface area (Å²) in [6.45, 7) is 9.12. The van der Waals surface area contributed by atoms with Crippen LogP contribution in [0.4, 0.5) is 10.1 Å². The minimum Gasteiger partial charge on any atom is -0.384 e. The summed E-state index contributed by atoms with van der Waals surface area (Å²) in [6, 6.07) is 5.40. The maximum Gasteiger partial charge on any atom is 0.168 e. The van der Waals surface area contributed by atoms with E-state index in [-0.39, 0.29) is 10.4 Å². The van der Waals surface area contributed by atoms with Crippen molar-refractivity contribution in [2.45, 2.75) is 39.5 Å². The van der Waals surface area contributed by atoms with Crippen molar-refractivity contribution in [2.75, 3.05) is 11.9 Å². The summed E-state index contributed by atoms with van der Waals surface area (Å²) in [6.07, 6.45) is 1.00. The Balaban J connectivity index is 2.71. The predicted octanol–water partition coefficient (Wildman–Crippen LogP) is 5.15. The summed E-state index contributed by atoms with van der Waals surface area (Å²) in [5, 5.41) is 4.23. The zero-order valence-electron chi connectivity index (χ0n) is 12.3.